The minimum Gasteiger partial charge on any atom is -0.378 e. The van der Waals surface area contributed by atoms with E-state index in [9.17, 15) is 9.59 Å². The number of halogens is 1. The van der Waals surface area contributed by atoms with Crippen LogP contribution < -0.4 is 15.1 Å². The average molecular weight is 500 g/mol. The van der Waals surface area contributed by atoms with Gasteiger partial charge in [-0.25, -0.2) is 0 Å². The molecule has 0 spiro atoms. The summed E-state index contributed by atoms with van der Waals surface area (Å²) < 4.78 is 0. The minimum absolute atomic E-state index is 0.0210. The Balaban J connectivity index is 1.68. The molecule has 6 heteroatoms. The first-order valence-electron chi connectivity index (χ1n) is 12.3. The highest BCUT2D eigenvalue weighted by Gasteiger charge is 2.41. The molecule has 36 heavy (non-hydrogen) atoms. The first kappa shape index (κ1) is 24.1. The number of fused-ring (bicyclic) bond motifs is 1. The van der Waals surface area contributed by atoms with E-state index in [1.54, 1.807) is 0 Å². The molecule has 0 fully saturated rings. The molecule has 1 heterocycles. The van der Waals surface area contributed by atoms with Crippen molar-refractivity contribution in [3.63, 3.8) is 0 Å². The Kier molecular flexibility index (Phi) is 6.59. The fraction of sp³-hybridized carbons (Fsp3) is 0.267. The van der Waals surface area contributed by atoms with Crippen molar-refractivity contribution in [3.05, 3.63) is 100 Å². The number of anilines is 3. The molecule has 2 atom stereocenters. The van der Waals surface area contributed by atoms with E-state index in [4.69, 9.17) is 11.6 Å². The number of nitrogens with zero attached hydrogens (tertiary/aromatic N) is 2. The van der Waals surface area contributed by atoms with Gasteiger partial charge in [-0.1, -0.05) is 54.9 Å². The summed E-state index contributed by atoms with van der Waals surface area (Å²) in [5.74, 6) is 0.0813. The maximum Gasteiger partial charge on any atom is 0.227 e. The summed E-state index contributed by atoms with van der Waals surface area (Å²) in [7, 11) is 3.99. The van der Waals surface area contributed by atoms with Gasteiger partial charge < -0.3 is 10.2 Å². The van der Waals surface area contributed by atoms with Crippen LogP contribution in [0.5, 0.6) is 0 Å². The summed E-state index contributed by atoms with van der Waals surface area (Å²) in [6, 6.07) is 23.2. The van der Waals surface area contributed by atoms with E-state index >= 15 is 0 Å². The number of hydrogen-bond donors (Lipinski definition) is 1. The van der Waals surface area contributed by atoms with Gasteiger partial charge in [0.25, 0.3) is 0 Å². The van der Waals surface area contributed by atoms with Crippen molar-refractivity contribution in [1.29, 1.82) is 0 Å². The second-order valence-electron chi connectivity index (χ2n) is 9.62. The lowest BCUT2D eigenvalue weighted by Crippen LogP contribution is -2.38. The lowest BCUT2D eigenvalue weighted by atomic mass is 9.78. The molecule has 184 valence electrons. The molecule has 0 saturated heterocycles. The maximum atomic E-state index is 13.9. The predicted octanol–water partition coefficient (Wildman–Crippen LogP) is 6.72. The molecule has 1 aliphatic carbocycles. The zero-order valence-corrected chi connectivity index (χ0v) is 21.5. The molecule has 1 N–H and O–H groups in total. The van der Waals surface area contributed by atoms with Gasteiger partial charge in [0.15, 0.2) is 5.78 Å². The topological polar surface area (TPSA) is 52.7 Å². The van der Waals surface area contributed by atoms with Crippen LogP contribution in [0.1, 0.15) is 49.3 Å². The van der Waals surface area contributed by atoms with Crippen LogP contribution >= 0.6 is 11.6 Å². The van der Waals surface area contributed by atoms with Crippen LogP contribution in [-0.4, -0.2) is 25.8 Å². The Morgan fingerprint density at radius 1 is 0.972 bits per heavy atom. The molecular weight excluding hydrogens is 470 g/mol. The standard InChI is InChI=1S/C30H30ClN3O2/c1-4-28(36)34-26-8-6-5-7-24(26)32-25-17-21(19-9-13-22(31)14-10-19)18-27(35)29(25)30(34)20-11-15-23(16-12-20)33(2)3/h5-16,21,30,32H,4,17-18H2,1-3H3/t21-,30-/m0/s1. The largest absolute Gasteiger partial charge is 0.378 e. The lowest BCUT2D eigenvalue weighted by molar-refractivity contribution is -0.119. The lowest BCUT2D eigenvalue weighted by Gasteiger charge is -2.35. The molecule has 3 aromatic rings. The molecule has 0 bridgehead atoms. The summed E-state index contributed by atoms with van der Waals surface area (Å²) in [6.07, 6.45) is 1.40. The quantitative estimate of drug-likeness (QED) is 0.433. The number of Topliss-reactive ketones (excluding diaryl/α,β-unsaturated/α-hetero) is 1. The summed E-state index contributed by atoms with van der Waals surface area (Å²) in [4.78, 5) is 31.3. The summed E-state index contributed by atoms with van der Waals surface area (Å²) in [5.41, 5.74) is 6.26. The molecule has 5 rings (SSSR count). The molecule has 0 aromatic heterocycles. The zero-order valence-electron chi connectivity index (χ0n) is 20.8. The van der Waals surface area contributed by atoms with Crippen molar-refractivity contribution < 1.29 is 9.59 Å². The number of para-hydroxylation sites is 2. The molecule has 5 nitrogen and oxygen atoms in total. The summed E-state index contributed by atoms with van der Waals surface area (Å²) >= 11 is 6.12. The maximum absolute atomic E-state index is 13.9. The van der Waals surface area contributed by atoms with Gasteiger partial charge in [0.2, 0.25) is 5.91 Å². The first-order chi connectivity index (χ1) is 17.4. The van der Waals surface area contributed by atoms with Crippen LogP contribution in [0.15, 0.2) is 84.1 Å². The van der Waals surface area contributed by atoms with E-state index in [0.717, 1.165) is 33.9 Å². The number of rotatable bonds is 4. The predicted molar refractivity (Wildman–Crippen MR) is 147 cm³/mol. The fourth-order valence-corrected chi connectivity index (χ4v) is 5.40. The number of hydrogen-bond acceptors (Lipinski definition) is 4. The third kappa shape index (κ3) is 4.40. The monoisotopic (exact) mass is 499 g/mol. The smallest absolute Gasteiger partial charge is 0.227 e. The number of allylic oxidation sites excluding steroid dienone is 1. The fourth-order valence-electron chi connectivity index (χ4n) is 5.28. The zero-order chi connectivity index (χ0) is 25.4. The minimum atomic E-state index is -0.501. The van der Waals surface area contributed by atoms with Gasteiger partial charge in [-0.3, -0.25) is 14.5 Å². The third-order valence-electron chi connectivity index (χ3n) is 7.13. The van der Waals surface area contributed by atoms with Crippen LogP contribution in [0.4, 0.5) is 17.1 Å². The van der Waals surface area contributed by atoms with Gasteiger partial charge in [-0.15, -0.1) is 0 Å². The third-order valence-corrected chi connectivity index (χ3v) is 7.38. The van der Waals surface area contributed by atoms with E-state index in [2.05, 4.69) is 5.32 Å². The van der Waals surface area contributed by atoms with Gasteiger partial charge in [0.1, 0.15) is 0 Å². The summed E-state index contributed by atoms with van der Waals surface area (Å²) in [5, 5.41) is 4.25. The van der Waals surface area contributed by atoms with Gasteiger partial charge in [0, 0.05) is 48.9 Å². The van der Waals surface area contributed by atoms with Crippen molar-refractivity contribution in [2.24, 2.45) is 0 Å². The second kappa shape index (κ2) is 9.82. The molecule has 1 amide bonds. The van der Waals surface area contributed by atoms with Crippen LogP contribution in [0.2, 0.25) is 5.02 Å². The number of nitrogens with one attached hydrogen (secondary N) is 1. The van der Waals surface area contributed by atoms with Crippen LogP contribution in [0.3, 0.4) is 0 Å². The van der Waals surface area contributed by atoms with Gasteiger partial charge in [-0.2, -0.15) is 0 Å². The Labute approximate surface area is 217 Å². The average Bonchev–Trinajstić information content (AvgIpc) is 3.03. The molecule has 0 radical (unpaired) electrons. The Morgan fingerprint density at radius 2 is 1.64 bits per heavy atom. The number of ketones is 1. The SMILES string of the molecule is CCC(=O)N1c2ccccc2NC2=C(C(=O)C[C@@H](c3ccc(Cl)cc3)C2)[C@@H]1c1ccc(N(C)C)cc1. The van der Waals surface area contributed by atoms with Gasteiger partial charge in [-0.05, 0) is 59.9 Å². The highest BCUT2D eigenvalue weighted by atomic mass is 35.5. The molecule has 2 aliphatic rings. The highest BCUT2D eigenvalue weighted by molar-refractivity contribution is 6.30. The van der Waals surface area contributed by atoms with E-state index < -0.39 is 6.04 Å². The highest BCUT2D eigenvalue weighted by Crippen LogP contribution is 2.47. The van der Waals surface area contributed by atoms with Crippen molar-refractivity contribution in [2.75, 3.05) is 29.2 Å². The number of carbonyl (C=O) groups excluding carboxylic acids is 2. The van der Waals surface area contributed by atoms with Crippen molar-refractivity contribution in [3.8, 4) is 0 Å². The number of carbonyl (C=O) groups is 2. The van der Waals surface area contributed by atoms with E-state index in [0.29, 0.717) is 29.9 Å². The van der Waals surface area contributed by atoms with E-state index in [1.807, 2.05) is 104 Å². The second-order valence-corrected chi connectivity index (χ2v) is 10.1. The van der Waals surface area contributed by atoms with Gasteiger partial charge >= 0.3 is 0 Å². The van der Waals surface area contributed by atoms with Crippen LogP contribution in [-0.2, 0) is 9.59 Å². The molecule has 1 aliphatic heterocycles. The molecule has 3 aromatic carbocycles. The van der Waals surface area contributed by atoms with E-state index in [1.165, 1.54) is 0 Å². The van der Waals surface area contributed by atoms with E-state index in [-0.39, 0.29) is 17.6 Å². The normalized spacial score (nSPS) is 19.2. The van der Waals surface area contributed by atoms with Crippen molar-refractivity contribution in [2.45, 2.75) is 38.1 Å². The Bertz CT molecular complexity index is 1330. The Morgan fingerprint density at radius 3 is 2.31 bits per heavy atom. The van der Waals surface area contributed by atoms with Crippen LogP contribution in [0.25, 0.3) is 0 Å². The van der Waals surface area contributed by atoms with Crippen molar-refractivity contribution in [1.82, 2.24) is 0 Å². The summed E-state index contributed by atoms with van der Waals surface area (Å²) in [6.45, 7) is 1.87. The first-order valence-corrected chi connectivity index (χ1v) is 12.7. The molecular formula is C30H30ClN3O2. The van der Waals surface area contributed by atoms with Crippen molar-refractivity contribution >= 4 is 40.4 Å². The molecule has 0 unspecified atom stereocenters. The van der Waals surface area contributed by atoms with Crippen LogP contribution in [0, 0.1) is 0 Å². The van der Waals surface area contributed by atoms with Gasteiger partial charge in [0.05, 0.1) is 17.4 Å². The molecule has 0 saturated carbocycles. The number of benzene rings is 3. The Hall–Kier alpha value is -3.57. The number of amides is 1.